The lowest BCUT2D eigenvalue weighted by Gasteiger charge is -2.27. The van der Waals surface area contributed by atoms with E-state index in [1.54, 1.807) is 13.8 Å². The second-order valence-corrected chi connectivity index (χ2v) is 8.45. The quantitative estimate of drug-likeness (QED) is 0.0985. The van der Waals surface area contributed by atoms with Crippen LogP contribution in [0.25, 0.3) is 0 Å². The third-order valence-electron chi connectivity index (χ3n) is 5.09. The zero-order valence-electron chi connectivity index (χ0n) is 20.0. The fourth-order valence-corrected chi connectivity index (χ4v) is 3.03. The molecule has 0 aliphatic rings. The van der Waals surface area contributed by atoms with E-state index in [9.17, 15) is 33.9 Å². The number of nitrogens with one attached hydrogen (secondary N) is 3. The fraction of sp³-hybridized carbons (Fsp3) is 0.714. The SMILES string of the molecule is CC(C)C(NC(=O)C(CCCCN)NC(=O)C(N)CCC(=O)O)C(=O)NC(CCC(=O)O)C(=O)O. The lowest BCUT2D eigenvalue weighted by Crippen LogP contribution is -2.58. The summed E-state index contributed by atoms with van der Waals surface area (Å²) in [5.74, 6) is -6.52. The summed E-state index contributed by atoms with van der Waals surface area (Å²) in [6, 6.07) is -4.90. The van der Waals surface area contributed by atoms with Gasteiger partial charge >= 0.3 is 17.9 Å². The summed E-state index contributed by atoms with van der Waals surface area (Å²) in [7, 11) is 0. The first-order valence-electron chi connectivity index (χ1n) is 11.3. The van der Waals surface area contributed by atoms with E-state index in [1.807, 2.05) is 0 Å². The first-order valence-corrected chi connectivity index (χ1v) is 11.3. The first kappa shape index (κ1) is 31.7. The molecule has 14 nitrogen and oxygen atoms in total. The number of hydrogen-bond donors (Lipinski definition) is 8. The smallest absolute Gasteiger partial charge is 0.326 e. The van der Waals surface area contributed by atoms with Crippen molar-refractivity contribution < 1.29 is 44.1 Å². The molecule has 0 aromatic carbocycles. The van der Waals surface area contributed by atoms with E-state index < -0.39 is 72.1 Å². The van der Waals surface area contributed by atoms with Gasteiger partial charge in [-0.05, 0) is 44.6 Å². The number of carboxylic acids is 3. The highest BCUT2D eigenvalue weighted by Gasteiger charge is 2.32. The van der Waals surface area contributed by atoms with E-state index in [0.29, 0.717) is 19.4 Å². The summed E-state index contributed by atoms with van der Waals surface area (Å²) in [6.45, 7) is 3.58. The maximum Gasteiger partial charge on any atom is 0.326 e. The number of rotatable bonds is 18. The molecule has 200 valence electrons. The molecule has 0 aromatic heterocycles. The number of amides is 3. The van der Waals surface area contributed by atoms with Crippen LogP contribution in [-0.2, 0) is 28.8 Å². The largest absolute Gasteiger partial charge is 0.481 e. The zero-order valence-corrected chi connectivity index (χ0v) is 20.0. The highest BCUT2D eigenvalue weighted by atomic mass is 16.4. The average molecular weight is 504 g/mol. The highest BCUT2D eigenvalue weighted by molar-refractivity contribution is 5.94. The minimum atomic E-state index is -1.47. The Labute approximate surface area is 203 Å². The van der Waals surface area contributed by atoms with E-state index in [0.717, 1.165) is 0 Å². The van der Waals surface area contributed by atoms with Crippen molar-refractivity contribution in [3.05, 3.63) is 0 Å². The second kappa shape index (κ2) is 16.4. The van der Waals surface area contributed by atoms with Crippen molar-refractivity contribution >= 4 is 35.6 Å². The molecule has 0 aliphatic carbocycles. The molecule has 0 heterocycles. The monoisotopic (exact) mass is 503 g/mol. The van der Waals surface area contributed by atoms with Gasteiger partial charge in [-0.2, -0.15) is 0 Å². The number of carbonyl (C=O) groups excluding carboxylic acids is 3. The van der Waals surface area contributed by atoms with Gasteiger partial charge in [0.2, 0.25) is 17.7 Å². The molecule has 4 unspecified atom stereocenters. The first-order chi connectivity index (χ1) is 16.3. The number of nitrogens with two attached hydrogens (primary N) is 2. The van der Waals surface area contributed by atoms with Crippen LogP contribution in [0.15, 0.2) is 0 Å². The van der Waals surface area contributed by atoms with Crippen LogP contribution in [0.1, 0.15) is 58.8 Å². The molecule has 4 atom stereocenters. The molecule has 35 heavy (non-hydrogen) atoms. The topological polar surface area (TPSA) is 251 Å². The molecule has 10 N–H and O–H groups in total. The molecule has 0 aromatic rings. The van der Waals surface area contributed by atoms with Gasteiger partial charge in [-0.3, -0.25) is 24.0 Å². The summed E-state index contributed by atoms with van der Waals surface area (Å²) in [5.41, 5.74) is 11.2. The zero-order chi connectivity index (χ0) is 27.1. The van der Waals surface area contributed by atoms with Crippen molar-refractivity contribution in [2.75, 3.05) is 6.54 Å². The minimum absolute atomic E-state index is 0.137. The Morgan fingerprint density at radius 3 is 1.74 bits per heavy atom. The van der Waals surface area contributed by atoms with Gasteiger partial charge in [0.1, 0.15) is 18.1 Å². The van der Waals surface area contributed by atoms with Gasteiger partial charge in [0.05, 0.1) is 6.04 Å². The number of carbonyl (C=O) groups is 6. The average Bonchev–Trinajstić information content (AvgIpc) is 2.76. The standard InChI is InChI=1S/C21H37N5O9/c1-11(2)17(20(33)25-14(21(34)35)7-9-16(29)30)26-19(32)13(5-3-4-10-22)24-18(31)12(23)6-8-15(27)28/h11-14,17H,3-10,22-23H2,1-2H3,(H,24,31)(H,25,33)(H,26,32)(H,27,28)(H,29,30)(H,34,35). The van der Waals surface area contributed by atoms with E-state index in [2.05, 4.69) is 16.0 Å². The molecule has 0 saturated carbocycles. The van der Waals surface area contributed by atoms with Crippen molar-refractivity contribution in [2.45, 2.75) is 83.0 Å². The van der Waals surface area contributed by atoms with Gasteiger partial charge in [0.15, 0.2) is 0 Å². The van der Waals surface area contributed by atoms with Crippen LogP contribution >= 0.6 is 0 Å². The fourth-order valence-electron chi connectivity index (χ4n) is 3.03. The van der Waals surface area contributed by atoms with Crippen LogP contribution in [0.4, 0.5) is 0 Å². The van der Waals surface area contributed by atoms with Gasteiger partial charge in [0, 0.05) is 12.8 Å². The van der Waals surface area contributed by atoms with Crippen LogP contribution in [0.5, 0.6) is 0 Å². The van der Waals surface area contributed by atoms with Crippen LogP contribution < -0.4 is 27.4 Å². The summed E-state index contributed by atoms with van der Waals surface area (Å²) >= 11 is 0. The van der Waals surface area contributed by atoms with Crippen LogP contribution in [0, 0.1) is 5.92 Å². The lowest BCUT2D eigenvalue weighted by atomic mass is 10.0. The lowest BCUT2D eigenvalue weighted by molar-refractivity contribution is -0.144. The highest BCUT2D eigenvalue weighted by Crippen LogP contribution is 2.08. The molecule has 0 bridgehead atoms. The Hall–Kier alpha value is -3.26. The van der Waals surface area contributed by atoms with Crippen molar-refractivity contribution in [2.24, 2.45) is 17.4 Å². The van der Waals surface area contributed by atoms with Gasteiger partial charge in [-0.25, -0.2) is 4.79 Å². The van der Waals surface area contributed by atoms with Crippen molar-refractivity contribution in [3.63, 3.8) is 0 Å². The Morgan fingerprint density at radius 2 is 1.26 bits per heavy atom. The maximum absolute atomic E-state index is 12.9. The van der Waals surface area contributed by atoms with Crippen LogP contribution in [0.2, 0.25) is 0 Å². The molecule has 0 radical (unpaired) electrons. The Kier molecular flexibility index (Phi) is 14.9. The summed E-state index contributed by atoms with van der Waals surface area (Å²) in [4.78, 5) is 70.9. The summed E-state index contributed by atoms with van der Waals surface area (Å²) in [5, 5.41) is 34.0. The van der Waals surface area contributed by atoms with Crippen LogP contribution in [0.3, 0.4) is 0 Å². The second-order valence-electron chi connectivity index (χ2n) is 8.45. The van der Waals surface area contributed by atoms with E-state index >= 15 is 0 Å². The maximum atomic E-state index is 12.9. The number of unbranched alkanes of at least 4 members (excludes halogenated alkanes) is 1. The third-order valence-corrected chi connectivity index (χ3v) is 5.09. The Morgan fingerprint density at radius 1 is 0.714 bits per heavy atom. The number of hydrogen-bond acceptors (Lipinski definition) is 8. The number of carboxylic acid groups (broad SMARTS) is 3. The normalized spacial score (nSPS) is 14.3. The Bertz CT molecular complexity index is 759. The third kappa shape index (κ3) is 13.3. The molecule has 0 fully saturated rings. The summed E-state index contributed by atoms with van der Waals surface area (Å²) in [6.07, 6.45) is -0.0997. The van der Waals surface area contributed by atoms with Gasteiger partial charge < -0.3 is 42.7 Å². The minimum Gasteiger partial charge on any atom is -0.481 e. The van der Waals surface area contributed by atoms with E-state index in [4.69, 9.17) is 21.7 Å². The Balaban J connectivity index is 5.41. The molecular weight excluding hydrogens is 466 g/mol. The molecule has 0 rings (SSSR count). The predicted molar refractivity (Wildman–Crippen MR) is 123 cm³/mol. The van der Waals surface area contributed by atoms with Crippen molar-refractivity contribution in [3.8, 4) is 0 Å². The molecule has 3 amide bonds. The predicted octanol–water partition coefficient (Wildman–Crippen LogP) is -1.63. The van der Waals surface area contributed by atoms with Gasteiger partial charge in [-0.15, -0.1) is 0 Å². The summed E-state index contributed by atoms with van der Waals surface area (Å²) < 4.78 is 0. The molecule has 14 heteroatoms. The molecule has 0 aliphatic heterocycles. The van der Waals surface area contributed by atoms with Gasteiger partial charge in [-0.1, -0.05) is 13.8 Å². The van der Waals surface area contributed by atoms with Crippen molar-refractivity contribution in [1.29, 1.82) is 0 Å². The molecule has 0 saturated heterocycles. The molecule has 0 spiro atoms. The van der Waals surface area contributed by atoms with E-state index in [-0.39, 0.29) is 25.7 Å². The van der Waals surface area contributed by atoms with E-state index in [1.165, 1.54) is 0 Å². The number of aliphatic carboxylic acids is 3. The van der Waals surface area contributed by atoms with Gasteiger partial charge in [0.25, 0.3) is 0 Å². The van der Waals surface area contributed by atoms with Crippen molar-refractivity contribution in [1.82, 2.24) is 16.0 Å². The molecular formula is C21H37N5O9. The van der Waals surface area contributed by atoms with Crippen LogP contribution in [-0.4, -0.2) is 81.7 Å².